The molecule has 1 aliphatic rings. The first kappa shape index (κ1) is 19.4. The predicted octanol–water partition coefficient (Wildman–Crippen LogP) is 3.05. The summed E-state index contributed by atoms with van der Waals surface area (Å²) < 4.78 is 10.2. The first-order valence-corrected chi connectivity index (χ1v) is 8.28. The maximum Gasteiger partial charge on any atom is 0.282 e. The molecule has 2 rings (SSSR count). The molecule has 6 nitrogen and oxygen atoms in total. The van der Waals surface area contributed by atoms with Gasteiger partial charge in [0.05, 0.1) is 18.8 Å². The van der Waals surface area contributed by atoms with Gasteiger partial charge in [0.15, 0.2) is 6.79 Å². The maximum atomic E-state index is 12.9. The van der Waals surface area contributed by atoms with E-state index in [1.54, 1.807) is 21.0 Å². The zero-order valence-corrected chi connectivity index (χ0v) is 15.8. The normalized spacial score (nSPS) is 16.9. The molecule has 1 N–H and O–H groups in total. The molecule has 0 atom stereocenters. The number of methoxy groups -OCH3 is 1. The minimum atomic E-state index is -0.971. The summed E-state index contributed by atoms with van der Waals surface area (Å²) in [6.45, 7) is 10.1. The number of carbonyl (C=O) groups excluding carboxylic acids is 1. The fraction of sp³-hybridized carbons (Fsp3) is 0.526. The van der Waals surface area contributed by atoms with Gasteiger partial charge in [0, 0.05) is 7.11 Å². The van der Waals surface area contributed by atoms with Crippen LogP contribution in [-0.2, 0) is 19.1 Å². The van der Waals surface area contributed by atoms with Crippen molar-refractivity contribution in [3.63, 3.8) is 0 Å². The molecule has 1 amide bonds. The van der Waals surface area contributed by atoms with Crippen LogP contribution in [0.4, 0.5) is 0 Å². The fourth-order valence-corrected chi connectivity index (χ4v) is 3.17. The Bertz CT molecular complexity index is 670. The van der Waals surface area contributed by atoms with Gasteiger partial charge in [0.1, 0.15) is 11.3 Å². The predicted molar refractivity (Wildman–Crippen MR) is 94.9 cm³/mol. The van der Waals surface area contributed by atoms with E-state index in [0.717, 1.165) is 22.3 Å². The number of amides is 1. The number of aryl methyl sites for hydroxylation is 3. The van der Waals surface area contributed by atoms with Gasteiger partial charge in [-0.1, -0.05) is 17.7 Å². The van der Waals surface area contributed by atoms with Crippen molar-refractivity contribution in [1.29, 1.82) is 0 Å². The van der Waals surface area contributed by atoms with Crippen LogP contribution in [-0.4, -0.2) is 48.7 Å². The lowest BCUT2D eigenvalue weighted by molar-refractivity contribution is -0.244. The Balaban J connectivity index is 2.29. The average Bonchev–Trinajstić information content (AvgIpc) is 2.67. The minimum Gasteiger partial charge on any atom is -0.509 e. The molecule has 0 fully saturated rings. The topological polar surface area (TPSA) is 68.2 Å². The van der Waals surface area contributed by atoms with Gasteiger partial charge >= 0.3 is 0 Å². The Kier molecular flexibility index (Phi) is 5.87. The second kappa shape index (κ2) is 7.56. The number of hydrogen-bond acceptors (Lipinski definition) is 5. The second-order valence-corrected chi connectivity index (χ2v) is 6.80. The van der Waals surface area contributed by atoms with Gasteiger partial charge in [-0.25, -0.2) is 9.90 Å². The third-order valence-electron chi connectivity index (χ3n) is 4.35. The van der Waals surface area contributed by atoms with E-state index in [2.05, 4.69) is 0 Å². The van der Waals surface area contributed by atoms with Crippen molar-refractivity contribution in [1.82, 2.24) is 5.06 Å². The fourth-order valence-electron chi connectivity index (χ4n) is 3.17. The van der Waals surface area contributed by atoms with E-state index in [0.29, 0.717) is 13.2 Å². The lowest BCUT2D eigenvalue weighted by Gasteiger charge is -2.30. The highest BCUT2D eigenvalue weighted by molar-refractivity contribution is 6.23. The largest absolute Gasteiger partial charge is 0.509 e. The molecule has 0 aromatic heterocycles. The van der Waals surface area contributed by atoms with Gasteiger partial charge in [-0.3, -0.25) is 4.79 Å². The van der Waals surface area contributed by atoms with Crippen molar-refractivity contribution in [3.8, 4) is 0 Å². The molecule has 1 aromatic carbocycles. The summed E-state index contributed by atoms with van der Waals surface area (Å²) in [7, 11) is 1.58. The molecule has 0 unspecified atom stereocenters. The van der Waals surface area contributed by atoms with E-state index >= 15 is 0 Å². The van der Waals surface area contributed by atoms with Crippen molar-refractivity contribution >= 4 is 11.5 Å². The molecular formula is C19H27NO5. The van der Waals surface area contributed by atoms with Crippen molar-refractivity contribution in [2.24, 2.45) is 0 Å². The number of ether oxygens (including phenoxy) is 2. The number of carbonyl (C=O) groups is 1. The number of benzene rings is 1. The number of aliphatic hydroxyl groups is 1. The third kappa shape index (κ3) is 3.71. The molecule has 138 valence electrons. The summed E-state index contributed by atoms with van der Waals surface area (Å²) in [6, 6.07) is 4.00. The molecule has 1 heterocycles. The molecule has 0 radical (unpaired) electrons. The Morgan fingerprint density at radius 3 is 2.28 bits per heavy atom. The highest BCUT2D eigenvalue weighted by Crippen LogP contribution is 2.40. The first-order chi connectivity index (χ1) is 11.7. The smallest absolute Gasteiger partial charge is 0.282 e. The average molecular weight is 349 g/mol. The lowest BCUT2D eigenvalue weighted by atomic mass is 9.91. The van der Waals surface area contributed by atoms with Gasteiger partial charge < -0.3 is 14.6 Å². The number of hydroxylamine groups is 2. The van der Waals surface area contributed by atoms with Crippen LogP contribution in [0, 0.1) is 20.8 Å². The molecule has 0 bridgehead atoms. The minimum absolute atomic E-state index is 0.00412. The third-order valence-corrected chi connectivity index (χ3v) is 4.35. The van der Waals surface area contributed by atoms with Gasteiger partial charge in [-0.15, -0.1) is 0 Å². The second-order valence-electron chi connectivity index (χ2n) is 6.80. The molecule has 0 saturated heterocycles. The van der Waals surface area contributed by atoms with Crippen molar-refractivity contribution < 1.29 is 24.2 Å². The summed E-state index contributed by atoms with van der Waals surface area (Å²) in [5.41, 5.74) is 3.08. The van der Waals surface area contributed by atoms with Gasteiger partial charge in [-0.2, -0.15) is 0 Å². The molecule has 0 spiro atoms. The van der Waals surface area contributed by atoms with E-state index in [9.17, 15) is 9.90 Å². The molecule has 1 aliphatic heterocycles. The van der Waals surface area contributed by atoms with Gasteiger partial charge in [0.25, 0.3) is 5.91 Å². The highest BCUT2D eigenvalue weighted by atomic mass is 16.8. The van der Waals surface area contributed by atoms with E-state index < -0.39 is 5.54 Å². The quantitative estimate of drug-likeness (QED) is 0.605. The van der Waals surface area contributed by atoms with Crippen LogP contribution in [0.2, 0.25) is 0 Å². The summed E-state index contributed by atoms with van der Waals surface area (Å²) in [4.78, 5) is 18.5. The van der Waals surface area contributed by atoms with Crippen LogP contribution in [0.3, 0.4) is 0 Å². The number of aliphatic hydroxyl groups excluding tert-OH is 1. The van der Waals surface area contributed by atoms with Gasteiger partial charge in [0.2, 0.25) is 0 Å². The molecule has 0 aliphatic carbocycles. The molecule has 25 heavy (non-hydrogen) atoms. The Morgan fingerprint density at radius 2 is 1.72 bits per heavy atom. The molecule has 6 heteroatoms. The van der Waals surface area contributed by atoms with Crippen LogP contribution in [0.15, 0.2) is 17.9 Å². The van der Waals surface area contributed by atoms with Crippen molar-refractivity contribution in [3.05, 3.63) is 40.1 Å². The summed E-state index contributed by atoms with van der Waals surface area (Å²) in [5.74, 6) is -0.364. The first-order valence-electron chi connectivity index (χ1n) is 8.28. The highest BCUT2D eigenvalue weighted by Gasteiger charge is 2.48. The maximum absolute atomic E-state index is 12.9. The van der Waals surface area contributed by atoms with E-state index in [-0.39, 0.29) is 24.0 Å². The van der Waals surface area contributed by atoms with Crippen LogP contribution >= 0.6 is 0 Å². The zero-order chi connectivity index (χ0) is 18.8. The summed E-state index contributed by atoms with van der Waals surface area (Å²) in [6.07, 6.45) is 0. The van der Waals surface area contributed by atoms with E-state index in [4.69, 9.17) is 14.3 Å². The summed E-state index contributed by atoms with van der Waals surface area (Å²) in [5, 5.41) is 11.9. The Labute approximate surface area is 148 Å². The number of rotatable bonds is 7. The van der Waals surface area contributed by atoms with Crippen LogP contribution < -0.4 is 0 Å². The lowest BCUT2D eigenvalue weighted by Crippen LogP contribution is -2.44. The molecule has 0 saturated carbocycles. The van der Waals surface area contributed by atoms with Crippen molar-refractivity contribution in [2.45, 2.75) is 40.2 Å². The van der Waals surface area contributed by atoms with E-state index in [1.165, 1.54) is 5.06 Å². The SMILES string of the molecule is COCCOCON1C(=O)C(c2c(C)cc(C)cc2C)=C(O)C1(C)C. The Hall–Kier alpha value is -1.89. The monoisotopic (exact) mass is 349 g/mol. The molecular weight excluding hydrogens is 322 g/mol. The Morgan fingerprint density at radius 1 is 1.12 bits per heavy atom. The van der Waals surface area contributed by atoms with Crippen LogP contribution in [0.25, 0.3) is 5.57 Å². The van der Waals surface area contributed by atoms with E-state index in [1.807, 2.05) is 32.9 Å². The zero-order valence-electron chi connectivity index (χ0n) is 15.8. The van der Waals surface area contributed by atoms with Crippen LogP contribution in [0.5, 0.6) is 0 Å². The van der Waals surface area contributed by atoms with Gasteiger partial charge in [-0.05, 0) is 51.3 Å². The number of nitrogens with zero attached hydrogens (tertiary/aromatic N) is 1. The standard InChI is InChI=1S/C19H27NO5/c1-12-9-13(2)15(14(3)10-12)16-17(21)19(4,5)20(18(16)22)25-11-24-8-7-23-6/h9-10,21H,7-8,11H2,1-6H3. The van der Waals surface area contributed by atoms with Crippen molar-refractivity contribution in [2.75, 3.05) is 27.1 Å². The van der Waals surface area contributed by atoms with Crippen LogP contribution in [0.1, 0.15) is 36.1 Å². The molecule has 1 aromatic rings. The number of hydrogen-bond donors (Lipinski definition) is 1. The summed E-state index contributed by atoms with van der Waals surface area (Å²) >= 11 is 0.